The van der Waals surface area contributed by atoms with Crippen molar-refractivity contribution in [3.63, 3.8) is 0 Å². The third-order valence-electron chi connectivity index (χ3n) is 3.44. The second-order valence-electron chi connectivity index (χ2n) is 6.10. The van der Waals surface area contributed by atoms with Crippen molar-refractivity contribution < 1.29 is 4.74 Å². The Morgan fingerprint density at radius 1 is 0.952 bits per heavy atom. The van der Waals surface area contributed by atoms with Crippen LogP contribution in [-0.4, -0.2) is 19.7 Å². The van der Waals surface area contributed by atoms with Gasteiger partial charge in [0, 0.05) is 17.5 Å². The fourth-order valence-electron chi connectivity index (χ4n) is 2.24. The molecule has 2 heteroatoms. The maximum atomic E-state index is 6.11. The van der Waals surface area contributed by atoms with Gasteiger partial charge >= 0.3 is 0 Å². The zero-order valence-corrected chi connectivity index (χ0v) is 13.2. The average Bonchev–Trinajstić information content (AvgIpc) is 2.52. The molecule has 0 aliphatic carbocycles. The smallest absolute Gasteiger partial charge is 0.127 e. The Bertz CT molecular complexity index is 549. The molecular weight excluding hydrogens is 258 g/mol. The van der Waals surface area contributed by atoms with Crippen LogP contribution in [0.2, 0.25) is 0 Å². The molecule has 0 unspecified atom stereocenters. The Morgan fingerprint density at radius 2 is 1.62 bits per heavy atom. The second-order valence-corrected chi connectivity index (χ2v) is 6.10. The van der Waals surface area contributed by atoms with Crippen molar-refractivity contribution in [1.82, 2.24) is 5.32 Å². The lowest BCUT2D eigenvalue weighted by atomic mass is 9.94. The Balaban J connectivity index is 2.11. The highest BCUT2D eigenvalue weighted by Gasteiger charge is 2.19. The lowest BCUT2D eigenvalue weighted by molar-refractivity contribution is 0.178. The Labute approximate surface area is 128 Å². The van der Waals surface area contributed by atoms with Crippen LogP contribution in [0.5, 0.6) is 5.75 Å². The van der Waals surface area contributed by atoms with E-state index in [1.165, 1.54) is 5.56 Å². The summed E-state index contributed by atoms with van der Waals surface area (Å²) >= 11 is 0. The minimum Gasteiger partial charge on any atom is -0.492 e. The highest BCUT2D eigenvalue weighted by atomic mass is 16.5. The van der Waals surface area contributed by atoms with E-state index in [1.54, 1.807) is 0 Å². The highest BCUT2D eigenvalue weighted by molar-refractivity contribution is 5.70. The van der Waals surface area contributed by atoms with E-state index in [-0.39, 0.29) is 5.41 Å². The van der Waals surface area contributed by atoms with E-state index < -0.39 is 0 Å². The standard InChI is InChI=1S/C19H25NO/c1-4-20-14-19(2,3)15-21-18-13-9-8-12-17(18)16-10-6-5-7-11-16/h5-13,20H,4,14-15H2,1-3H3. The van der Waals surface area contributed by atoms with Gasteiger partial charge in [-0.25, -0.2) is 0 Å². The third kappa shape index (κ3) is 4.61. The van der Waals surface area contributed by atoms with Crippen LogP contribution in [0.3, 0.4) is 0 Å². The normalized spacial score (nSPS) is 11.4. The van der Waals surface area contributed by atoms with Gasteiger partial charge in [-0.05, 0) is 18.2 Å². The Morgan fingerprint density at radius 3 is 2.33 bits per heavy atom. The van der Waals surface area contributed by atoms with Crippen LogP contribution in [0.25, 0.3) is 11.1 Å². The van der Waals surface area contributed by atoms with Gasteiger partial charge < -0.3 is 10.1 Å². The minimum absolute atomic E-state index is 0.111. The number of ether oxygens (including phenoxy) is 1. The van der Waals surface area contributed by atoms with Crippen LogP contribution in [0.1, 0.15) is 20.8 Å². The SMILES string of the molecule is CCNCC(C)(C)COc1ccccc1-c1ccccc1. The highest BCUT2D eigenvalue weighted by Crippen LogP contribution is 2.30. The molecule has 0 aliphatic rings. The summed E-state index contributed by atoms with van der Waals surface area (Å²) < 4.78 is 6.11. The lowest BCUT2D eigenvalue weighted by Crippen LogP contribution is -2.34. The van der Waals surface area contributed by atoms with Crippen molar-refractivity contribution in [1.29, 1.82) is 0 Å². The van der Waals surface area contributed by atoms with Crippen molar-refractivity contribution in [3.8, 4) is 16.9 Å². The number of para-hydroxylation sites is 1. The van der Waals surface area contributed by atoms with Crippen LogP contribution < -0.4 is 10.1 Å². The second kappa shape index (κ2) is 7.28. The van der Waals surface area contributed by atoms with Gasteiger partial charge in [-0.3, -0.25) is 0 Å². The van der Waals surface area contributed by atoms with Gasteiger partial charge in [0.25, 0.3) is 0 Å². The number of benzene rings is 2. The van der Waals surface area contributed by atoms with Crippen molar-refractivity contribution >= 4 is 0 Å². The topological polar surface area (TPSA) is 21.3 Å². The molecule has 2 aromatic carbocycles. The molecule has 0 amide bonds. The average molecular weight is 283 g/mol. The van der Waals surface area contributed by atoms with Gasteiger partial charge in [0.1, 0.15) is 5.75 Å². The lowest BCUT2D eigenvalue weighted by Gasteiger charge is -2.25. The zero-order chi connectivity index (χ0) is 15.1. The first-order chi connectivity index (χ1) is 10.1. The van der Waals surface area contributed by atoms with E-state index in [9.17, 15) is 0 Å². The van der Waals surface area contributed by atoms with Crippen LogP contribution in [0.15, 0.2) is 54.6 Å². The molecule has 0 heterocycles. The molecule has 1 N–H and O–H groups in total. The van der Waals surface area contributed by atoms with Crippen LogP contribution in [-0.2, 0) is 0 Å². The summed E-state index contributed by atoms with van der Waals surface area (Å²) in [6.45, 7) is 9.22. The molecule has 2 nitrogen and oxygen atoms in total. The predicted octanol–water partition coefficient (Wildman–Crippen LogP) is 4.37. The Hall–Kier alpha value is -1.80. The third-order valence-corrected chi connectivity index (χ3v) is 3.44. The molecule has 0 bridgehead atoms. The van der Waals surface area contributed by atoms with E-state index in [2.05, 4.69) is 62.5 Å². The molecular formula is C19H25NO. The fourth-order valence-corrected chi connectivity index (χ4v) is 2.24. The van der Waals surface area contributed by atoms with Gasteiger partial charge in [-0.1, -0.05) is 69.3 Å². The molecule has 0 saturated heterocycles. The summed E-state index contributed by atoms with van der Waals surface area (Å²) in [4.78, 5) is 0. The summed E-state index contributed by atoms with van der Waals surface area (Å²) in [7, 11) is 0. The summed E-state index contributed by atoms with van der Waals surface area (Å²) in [5, 5.41) is 3.39. The maximum absolute atomic E-state index is 6.11. The van der Waals surface area contributed by atoms with Crippen LogP contribution in [0, 0.1) is 5.41 Å². The molecule has 21 heavy (non-hydrogen) atoms. The number of rotatable bonds is 7. The van der Waals surface area contributed by atoms with E-state index in [1.807, 2.05) is 18.2 Å². The zero-order valence-electron chi connectivity index (χ0n) is 13.2. The summed E-state index contributed by atoms with van der Waals surface area (Å²) in [5.74, 6) is 0.952. The van der Waals surface area contributed by atoms with Crippen molar-refractivity contribution in [2.24, 2.45) is 5.41 Å². The first-order valence-corrected chi connectivity index (χ1v) is 7.60. The molecule has 0 saturated carbocycles. The van der Waals surface area contributed by atoms with Crippen LogP contribution >= 0.6 is 0 Å². The van der Waals surface area contributed by atoms with E-state index in [4.69, 9.17) is 4.74 Å². The summed E-state index contributed by atoms with van der Waals surface area (Å²) in [6.07, 6.45) is 0. The van der Waals surface area contributed by atoms with Crippen molar-refractivity contribution in [2.45, 2.75) is 20.8 Å². The first kappa shape index (κ1) is 15.6. The molecule has 0 aromatic heterocycles. The van der Waals surface area contributed by atoms with Crippen LogP contribution in [0.4, 0.5) is 0 Å². The number of hydrogen-bond acceptors (Lipinski definition) is 2. The molecule has 2 rings (SSSR count). The minimum atomic E-state index is 0.111. The monoisotopic (exact) mass is 283 g/mol. The van der Waals surface area contributed by atoms with Gasteiger partial charge in [0.2, 0.25) is 0 Å². The van der Waals surface area contributed by atoms with Gasteiger partial charge in [0.05, 0.1) is 6.61 Å². The van der Waals surface area contributed by atoms with Crippen molar-refractivity contribution in [2.75, 3.05) is 19.7 Å². The molecule has 2 aromatic rings. The molecule has 0 fully saturated rings. The first-order valence-electron chi connectivity index (χ1n) is 7.60. The van der Waals surface area contributed by atoms with Gasteiger partial charge in [0.15, 0.2) is 0 Å². The predicted molar refractivity (Wildman–Crippen MR) is 89.7 cm³/mol. The Kier molecular flexibility index (Phi) is 5.40. The van der Waals surface area contributed by atoms with E-state index >= 15 is 0 Å². The van der Waals surface area contributed by atoms with Gasteiger partial charge in [-0.2, -0.15) is 0 Å². The summed E-state index contributed by atoms with van der Waals surface area (Å²) in [6, 6.07) is 18.6. The maximum Gasteiger partial charge on any atom is 0.127 e. The number of hydrogen-bond donors (Lipinski definition) is 1. The van der Waals surface area contributed by atoms with Gasteiger partial charge in [-0.15, -0.1) is 0 Å². The molecule has 0 radical (unpaired) electrons. The molecule has 112 valence electrons. The van der Waals surface area contributed by atoms with E-state index in [0.717, 1.165) is 24.4 Å². The number of nitrogens with one attached hydrogen (secondary N) is 1. The summed E-state index contributed by atoms with van der Waals surface area (Å²) in [5.41, 5.74) is 2.45. The molecule has 0 spiro atoms. The molecule has 0 atom stereocenters. The fraction of sp³-hybridized carbons (Fsp3) is 0.368. The quantitative estimate of drug-likeness (QED) is 0.814. The largest absolute Gasteiger partial charge is 0.492 e. The van der Waals surface area contributed by atoms with Crippen molar-refractivity contribution in [3.05, 3.63) is 54.6 Å². The molecule has 0 aliphatic heterocycles. The van der Waals surface area contributed by atoms with E-state index in [0.29, 0.717) is 6.61 Å².